The van der Waals surface area contributed by atoms with Gasteiger partial charge in [0.25, 0.3) is 0 Å². The maximum Gasteiger partial charge on any atom is 0.323 e. The van der Waals surface area contributed by atoms with Gasteiger partial charge in [-0.3, -0.25) is 9.69 Å². The number of aliphatic hydroxyl groups excluding tert-OH is 1. The number of rotatable bonds is 5. The lowest BCUT2D eigenvalue weighted by molar-refractivity contribution is -0.153. The second kappa shape index (κ2) is 6.83. The molecular formula is C11H21NO4. The molecule has 1 rings (SSSR count). The standard InChI is InChI=1S/C11H21NO4/c1-3-10(11(14)15-4-2)12-5-6-16-9(7-12)8-13/h9-10,13H,3-8H2,1-2H3. The molecule has 2 atom stereocenters. The van der Waals surface area contributed by atoms with E-state index in [0.717, 1.165) is 6.42 Å². The Labute approximate surface area is 96.3 Å². The summed E-state index contributed by atoms with van der Waals surface area (Å²) in [5, 5.41) is 9.04. The minimum Gasteiger partial charge on any atom is -0.465 e. The van der Waals surface area contributed by atoms with Gasteiger partial charge in [-0.25, -0.2) is 0 Å². The molecule has 0 aromatic rings. The van der Waals surface area contributed by atoms with Gasteiger partial charge in [-0.05, 0) is 13.3 Å². The van der Waals surface area contributed by atoms with Gasteiger partial charge in [-0.2, -0.15) is 0 Å². The first kappa shape index (κ1) is 13.4. The molecule has 0 aromatic heterocycles. The minimum atomic E-state index is -0.210. The zero-order valence-electron chi connectivity index (χ0n) is 10.0. The average Bonchev–Trinajstić information content (AvgIpc) is 2.31. The molecule has 1 aliphatic rings. The molecule has 5 heteroatoms. The Morgan fingerprint density at radius 1 is 1.62 bits per heavy atom. The van der Waals surface area contributed by atoms with Gasteiger partial charge in [0.1, 0.15) is 6.04 Å². The van der Waals surface area contributed by atoms with Crippen LogP contribution in [0.15, 0.2) is 0 Å². The molecule has 0 bridgehead atoms. The molecule has 94 valence electrons. The normalized spacial score (nSPS) is 24.1. The van der Waals surface area contributed by atoms with Crippen LogP contribution in [0.3, 0.4) is 0 Å². The van der Waals surface area contributed by atoms with Crippen LogP contribution in [0.25, 0.3) is 0 Å². The number of esters is 1. The Morgan fingerprint density at radius 2 is 2.38 bits per heavy atom. The predicted octanol–water partition coefficient (Wildman–Crippen LogP) is 0.0212. The molecule has 5 nitrogen and oxygen atoms in total. The van der Waals surface area contributed by atoms with E-state index in [-0.39, 0.29) is 24.7 Å². The van der Waals surface area contributed by atoms with E-state index in [2.05, 4.69) is 0 Å². The highest BCUT2D eigenvalue weighted by atomic mass is 16.5. The Hall–Kier alpha value is -0.650. The Kier molecular flexibility index (Phi) is 5.73. The second-order valence-electron chi connectivity index (χ2n) is 3.85. The van der Waals surface area contributed by atoms with Gasteiger partial charge < -0.3 is 14.6 Å². The summed E-state index contributed by atoms with van der Waals surface area (Å²) in [6.45, 7) is 6.03. The molecule has 16 heavy (non-hydrogen) atoms. The van der Waals surface area contributed by atoms with Gasteiger partial charge in [-0.1, -0.05) is 6.92 Å². The number of carbonyl (C=O) groups excluding carboxylic acids is 1. The van der Waals surface area contributed by atoms with Crippen LogP contribution in [-0.4, -0.2) is 61.0 Å². The summed E-state index contributed by atoms with van der Waals surface area (Å²) in [5.74, 6) is -0.177. The van der Waals surface area contributed by atoms with E-state index >= 15 is 0 Å². The van der Waals surface area contributed by atoms with Crippen molar-refractivity contribution in [1.29, 1.82) is 0 Å². The third-order valence-electron chi connectivity index (χ3n) is 2.76. The van der Waals surface area contributed by atoms with Crippen molar-refractivity contribution in [1.82, 2.24) is 4.90 Å². The third kappa shape index (κ3) is 3.43. The molecule has 1 aliphatic heterocycles. The van der Waals surface area contributed by atoms with Crippen molar-refractivity contribution in [2.24, 2.45) is 0 Å². The molecular weight excluding hydrogens is 210 g/mol. The SMILES string of the molecule is CCOC(=O)C(CC)N1CCOC(CO)C1. The van der Waals surface area contributed by atoms with Crippen molar-refractivity contribution in [3.05, 3.63) is 0 Å². The molecule has 0 saturated carbocycles. The molecule has 0 aliphatic carbocycles. The average molecular weight is 231 g/mol. The van der Waals surface area contributed by atoms with Crippen molar-refractivity contribution >= 4 is 5.97 Å². The van der Waals surface area contributed by atoms with Gasteiger partial charge in [0, 0.05) is 13.1 Å². The highest BCUT2D eigenvalue weighted by molar-refractivity contribution is 5.75. The van der Waals surface area contributed by atoms with E-state index in [9.17, 15) is 4.79 Å². The Morgan fingerprint density at radius 3 is 2.94 bits per heavy atom. The maximum absolute atomic E-state index is 11.7. The largest absolute Gasteiger partial charge is 0.465 e. The number of carbonyl (C=O) groups is 1. The van der Waals surface area contributed by atoms with Crippen molar-refractivity contribution in [2.45, 2.75) is 32.4 Å². The van der Waals surface area contributed by atoms with Crippen LogP contribution in [0, 0.1) is 0 Å². The van der Waals surface area contributed by atoms with Crippen molar-refractivity contribution in [3.8, 4) is 0 Å². The van der Waals surface area contributed by atoms with Gasteiger partial charge in [0.15, 0.2) is 0 Å². The van der Waals surface area contributed by atoms with E-state index in [1.54, 1.807) is 6.92 Å². The molecule has 1 fully saturated rings. The minimum absolute atomic E-state index is 0.00421. The van der Waals surface area contributed by atoms with Crippen molar-refractivity contribution < 1.29 is 19.4 Å². The van der Waals surface area contributed by atoms with Crippen molar-refractivity contribution in [2.75, 3.05) is 32.9 Å². The summed E-state index contributed by atoms with van der Waals surface area (Å²) < 4.78 is 10.4. The fourth-order valence-electron chi connectivity index (χ4n) is 1.95. The Balaban J connectivity index is 2.54. The first-order chi connectivity index (χ1) is 7.72. The molecule has 0 amide bonds. The van der Waals surface area contributed by atoms with Crippen LogP contribution in [0.4, 0.5) is 0 Å². The van der Waals surface area contributed by atoms with Crippen molar-refractivity contribution in [3.63, 3.8) is 0 Å². The highest BCUT2D eigenvalue weighted by Crippen LogP contribution is 2.12. The molecule has 0 radical (unpaired) electrons. The summed E-state index contributed by atoms with van der Waals surface area (Å²) in [7, 11) is 0. The van der Waals surface area contributed by atoms with Crippen LogP contribution in [0.5, 0.6) is 0 Å². The fourth-order valence-corrected chi connectivity index (χ4v) is 1.95. The number of aliphatic hydroxyl groups is 1. The van der Waals surface area contributed by atoms with E-state index < -0.39 is 0 Å². The first-order valence-electron chi connectivity index (χ1n) is 5.86. The lowest BCUT2D eigenvalue weighted by atomic mass is 10.1. The molecule has 1 saturated heterocycles. The Bertz CT molecular complexity index is 222. The molecule has 0 aromatic carbocycles. The predicted molar refractivity (Wildman–Crippen MR) is 59.1 cm³/mol. The van der Waals surface area contributed by atoms with E-state index in [0.29, 0.717) is 26.3 Å². The summed E-state index contributed by atoms with van der Waals surface area (Å²) in [6.07, 6.45) is 0.536. The number of morpholine rings is 1. The lowest BCUT2D eigenvalue weighted by Gasteiger charge is -2.36. The van der Waals surface area contributed by atoms with Gasteiger partial charge >= 0.3 is 5.97 Å². The number of hydrogen-bond donors (Lipinski definition) is 1. The number of hydrogen-bond acceptors (Lipinski definition) is 5. The van der Waals surface area contributed by atoms with E-state index in [1.165, 1.54) is 0 Å². The van der Waals surface area contributed by atoms with Gasteiger partial charge in [0.05, 0.1) is 25.9 Å². The summed E-state index contributed by atoms with van der Waals surface area (Å²) in [6, 6.07) is -0.210. The summed E-state index contributed by atoms with van der Waals surface area (Å²) >= 11 is 0. The van der Waals surface area contributed by atoms with Gasteiger partial charge in [-0.15, -0.1) is 0 Å². The zero-order chi connectivity index (χ0) is 12.0. The van der Waals surface area contributed by atoms with Crippen LogP contribution in [0.1, 0.15) is 20.3 Å². The number of nitrogens with zero attached hydrogens (tertiary/aromatic N) is 1. The second-order valence-corrected chi connectivity index (χ2v) is 3.85. The van der Waals surface area contributed by atoms with Crippen LogP contribution in [-0.2, 0) is 14.3 Å². The van der Waals surface area contributed by atoms with Crippen LogP contribution >= 0.6 is 0 Å². The zero-order valence-corrected chi connectivity index (χ0v) is 10.0. The van der Waals surface area contributed by atoms with E-state index in [1.807, 2.05) is 11.8 Å². The first-order valence-corrected chi connectivity index (χ1v) is 5.86. The van der Waals surface area contributed by atoms with Crippen LogP contribution in [0.2, 0.25) is 0 Å². The molecule has 1 heterocycles. The van der Waals surface area contributed by atoms with Crippen LogP contribution < -0.4 is 0 Å². The lowest BCUT2D eigenvalue weighted by Crippen LogP contribution is -2.51. The molecule has 2 unspecified atom stereocenters. The quantitative estimate of drug-likeness (QED) is 0.676. The highest BCUT2D eigenvalue weighted by Gasteiger charge is 2.30. The van der Waals surface area contributed by atoms with Gasteiger partial charge in [0.2, 0.25) is 0 Å². The smallest absolute Gasteiger partial charge is 0.323 e. The monoisotopic (exact) mass is 231 g/mol. The third-order valence-corrected chi connectivity index (χ3v) is 2.76. The maximum atomic E-state index is 11.7. The fraction of sp³-hybridized carbons (Fsp3) is 0.909. The summed E-state index contributed by atoms with van der Waals surface area (Å²) in [4.78, 5) is 13.7. The molecule has 0 spiro atoms. The molecule has 1 N–H and O–H groups in total. The topological polar surface area (TPSA) is 59.0 Å². The van der Waals surface area contributed by atoms with E-state index in [4.69, 9.17) is 14.6 Å². The summed E-state index contributed by atoms with van der Waals surface area (Å²) in [5.41, 5.74) is 0. The number of ether oxygens (including phenoxy) is 2.